The predicted molar refractivity (Wildman–Crippen MR) is 237 cm³/mol. The van der Waals surface area contributed by atoms with E-state index in [0.717, 1.165) is 37.5 Å². The van der Waals surface area contributed by atoms with Crippen molar-refractivity contribution in [3.8, 4) is 22.3 Å². The second kappa shape index (κ2) is 16.1. The van der Waals surface area contributed by atoms with Crippen LogP contribution in [0.25, 0.3) is 34.4 Å². The maximum absolute atomic E-state index is 9.05. The fourth-order valence-corrected chi connectivity index (χ4v) is 42.6. The van der Waals surface area contributed by atoms with Crippen LogP contribution in [0, 0.1) is 11.8 Å². The first-order valence-electron chi connectivity index (χ1n) is 21.6. The van der Waals surface area contributed by atoms with Gasteiger partial charge < -0.3 is 0 Å². The molecule has 0 radical (unpaired) electrons. The van der Waals surface area contributed by atoms with Crippen molar-refractivity contribution in [1.29, 1.82) is 0 Å². The molecule has 0 amide bonds. The third kappa shape index (κ3) is 7.12. The van der Waals surface area contributed by atoms with Gasteiger partial charge in [-0.3, -0.25) is 0 Å². The third-order valence-electron chi connectivity index (χ3n) is 14.4. The van der Waals surface area contributed by atoms with Gasteiger partial charge in [0.2, 0.25) is 0 Å². The molecule has 4 aromatic carbocycles. The molecule has 8 rings (SSSR count). The molecule has 4 heteroatoms. The zero-order chi connectivity index (χ0) is 37.5. The molecule has 0 nitrogen and oxygen atoms in total. The van der Waals surface area contributed by atoms with Crippen molar-refractivity contribution in [2.75, 3.05) is 0 Å². The Labute approximate surface area is 335 Å². The molecule has 2 unspecified atom stereocenters. The molecule has 0 spiro atoms. The number of hydrogen-bond acceptors (Lipinski definition) is 0. The summed E-state index contributed by atoms with van der Waals surface area (Å²) >= 11 is -4.95. The van der Waals surface area contributed by atoms with E-state index in [-0.39, 0.29) is 7.25 Å². The summed E-state index contributed by atoms with van der Waals surface area (Å²) < 4.78 is 0.290. The molecule has 0 aromatic heterocycles. The van der Waals surface area contributed by atoms with Gasteiger partial charge in [-0.2, -0.15) is 0 Å². The van der Waals surface area contributed by atoms with Crippen LogP contribution in [0.4, 0.5) is 0 Å². The standard InChI is InChI=1S/2C24H27.C2H7Si.2ClH.Zr/c2*1-2-18-11-13-21(14-12-18)23-10-6-9-22-16-20(17-24(22)23)15-19-7-4-3-5-8-19;1-3-2;;;/h2*6,9-14,16-17,19H,2-5,7-8,15H2,1H3;3H,1-2H3;2*1H;/q;;;;;+2/p-2. The van der Waals surface area contributed by atoms with Crippen LogP contribution < -0.4 is 0 Å². The Morgan fingerprint density at radius 3 is 1.28 bits per heavy atom. The number of hydrogen-bond donors (Lipinski definition) is 0. The Balaban J connectivity index is 1.32. The zero-order valence-corrected chi connectivity index (χ0v) is 38.4. The topological polar surface area (TPSA) is 0 Å². The number of halogens is 2. The quantitative estimate of drug-likeness (QED) is 0.132. The van der Waals surface area contributed by atoms with E-state index in [9.17, 15) is 0 Å². The number of benzene rings is 4. The van der Waals surface area contributed by atoms with Gasteiger partial charge in [-0.15, -0.1) is 0 Å². The Morgan fingerprint density at radius 1 is 0.537 bits per heavy atom. The predicted octanol–water partition coefficient (Wildman–Crippen LogP) is 15.6. The summed E-state index contributed by atoms with van der Waals surface area (Å²) in [4.78, 5) is 0. The summed E-state index contributed by atoms with van der Waals surface area (Å²) in [6, 6.07) is 32.8. The number of fused-ring (bicyclic) bond motifs is 2. The average molecular weight is 852 g/mol. The van der Waals surface area contributed by atoms with Gasteiger partial charge in [-0.25, -0.2) is 0 Å². The molecule has 4 aliphatic carbocycles. The second-order valence-electron chi connectivity index (χ2n) is 17.8. The molecule has 0 N–H and O–H groups in total. The van der Waals surface area contributed by atoms with Gasteiger partial charge in [0, 0.05) is 0 Å². The zero-order valence-electron chi connectivity index (χ0n) is 33.3. The molecular weight excluding hydrogens is 791 g/mol. The molecule has 283 valence electrons. The molecule has 54 heavy (non-hydrogen) atoms. The van der Waals surface area contributed by atoms with Crippen LogP contribution in [0.2, 0.25) is 13.1 Å². The average Bonchev–Trinajstić information content (AvgIpc) is 3.78. The van der Waals surface area contributed by atoms with Crippen LogP contribution in [0.15, 0.2) is 96.1 Å². The Hall–Kier alpha value is -1.96. The number of aryl methyl sites for hydroxylation is 2. The molecule has 2 saturated carbocycles. The minimum atomic E-state index is -4.95. The Kier molecular flexibility index (Phi) is 11.6. The van der Waals surface area contributed by atoms with E-state index in [1.165, 1.54) is 120 Å². The summed E-state index contributed by atoms with van der Waals surface area (Å²) in [6.45, 7) is 9.56. The molecular formula is C50H61Cl2SiZr. The van der Waals surface area contributed by atoms with E-state index in [1.54, 1.807) is 11.1 Å². The summed E-state index contributed by atoms with van der Waals surface area (Å²) in [5.41, 5.74) is 16.9. The van der Waals surface area contributed by atoms with Crippen LogP contribution in [0.3, 0.4) is 0 Å². The van der Waals surface area contributed by atoms with E-state index in [2.05, 4.69) is 124 Å². The fourth-order valence-electron chi connectivity index (χ4n) is 11.2. The van der Waals surface area contributed by atoms with Crippen LogP contribution in [-0.2, 0) is 28.4 Å². The van der Waals surface area contributed by atoms with Crippen LogP contribution in [0.5, 0.6) is 0 Å². The summed E-state index contributed by atoms with van der Waals surface area (Å²) in [7, 11) is 18.1. The van der Waals surface area contributed by atoms with Crippen molar-refractivity contribution in [3.05, 3.63) is 129 Å². The normalized spacial score (nSPS) is 21.4. The molecule has 4 aromatic rings. The van der Waals surface area contributed by atoms with Gasteiger partial charge in [0.15, 0.2) is 0 Å². The minimum absolute atomic E-state index is 0.145. The van der Waals surface area contributed by atoms with Crippen molar-refractivity contribution >= 4 is 35.1 Å². The van der Waals surface area contributed by atoms with Crippen molar-refractivity contribution in [2.24, 2.45) is 11.8 Å². The van der Waals surface area contributed by atoms with Gasteiger partial charge in [0.25, 0.3) is 0 Å². The van der Waals surface area contributed by atoms with E-state index in [4.69, 9.17) is 17.0 Å². The summed E-state index contributed by atoms with van der Waals surface area (Å²) in [6.07, 6.45) is 23.2. The van der Waals surface area contributed by atoms with E-state index >= 15 is 0 Å². The van der Waals surface area contributed by atoms with Gasteiger partial charge >= 0.3 is 338 Å². The molecule has 0 saturated heterocycles. The molecule has 2 fully saturated rings. The molecule has 4 aliphatic rings. The molecule has 0 heterocycles. The van der Waals surface area contributed by atoms with E-state index in [1.807, 2.05) is 0 Å². The van der Waals surface area contributed by atoms with Crippen molar-refractivity contribution < 1.29 is 15.6 Å². The maximum atomic E-state index is 9.05. The first-order valence-corrected chi connectivity index (χ1v) is 37.9. The van der Waals surface area contributed by atoms with Crippen molar-refractivity contribution in [3.63, 3.8) is 0 Å². The van der Waals surface area contributed by atoms with Gasteiger partial charge in [0.1, 0.15) is 0 Å². The first-order chi connectivity index (χ1) is 26.2. The molecule has 2 atom stereocenters. The summed E-state index contributed by atoms with van der Waals surface area (Å²) in [5, 5.41) is 0. The summed E-state index contributed by atoms with van der Waals surface area (Å²) in [5.74, 6) is -0.225. The van der Waals surface area contributed by atoms with E-state index in [0.29, 0.717) is 0 Å². The first kappa shape index (κ1) is 38.9. The monoisotopic (exact) mass is 849 g/mol. The van der Waals surface area contributed by atoms with Gasteiger partial charge in [0.05, 0.1) is 0 Å². The SMILES string of the molecule is CCc1ccc(-c2cccc3c2C=C(CC2CCCCC2)[CH]3[Zr]([Cl])([Cl])([CH]2C(CC3CCCCC3)=Cc3c(-c4ccc(CC)cc4)cccc32)[SiH](C)C)cc1. The van der Waals surface area contributed by atoms with Crippen LogP contribution in [0.1, 0.15) is 132 Å². The molecule has 0 aliphatic heterocycles. The number of allylic oxidation sites excluding steroid dienone is 2. The number of rotatable bonds is 11. The van der Waals surface area contributed by atoms with Crippen LogP contribution >= 0.6 is 17.0 Å². The Morgan fingerprint density at radius 2 is 0.926 bits per heavy atom. The van der Waals surface area contributed by atoms with Gasteiger partial charge in [-0.1, -0.05) is 0 Å². The van der Waals surface area contributed by atoms with E-state index < -0.39 is 21.5 Å². The Bertz CT molecular complexity index is 1890. The fraction of sp³-hybridized carbons (Fsp3) is 0.440. The molecule has 0 bridgehead atoms. The van der Waals surface area contributed by atoms with Crippen molar-refractivity contribution in [2.45, 2.75) is 124 Å². The third-order valence-corrected chi connectivity index (χ3v) is 66.2. The second-order valence-corrected chi connectivity index (χ2v) is 60.3. The van der Waals surface area contributed by atoms with Crippen molar-refractivity contribution in [1.82, 2.24) is 0 Å². The van der Waals surface area contributed by atoms with Gasteiger partial charge in [-0.05, 0) is 0 Å². The van der Waals surface area contributed by atoms with Crippen LogP contribution in [-0.4, -0.2) is 5.92 Å².